The first-order chi connectivity index (χ1) is 8.95. The van der Waals surface area contributed by atoms with Gasteiger partial charge in [-0.2, -0.15) is 9.57 Å². The fraction of sp³-hybridized carbons (Fsp3) is 0.455. The first-order valence-corrected chi connectivity index (χ1v) is 7.94. The van der Waals surface area contributed by atoms with Crippen LogP contribution in [-0.2, 0) is 14.8 Å². The molecular weight excluding hydrogens is 288 g/mol. The summed E-state index contributed by atoms with van der Waals surface area (Å²) in [6.07, 6.45) is 1.03. The van der Waals surface area contributed by atoms with E-state index >= 15 is 0 Å². The van der Waals surface area contributed by atoms with Crippen LogP contribution in [0.15, 0.2) is 16.3 Å². The van der Waals surface area contributed by atoms with Crippen molar-refractivity contribution in [2.75, 3.05) is 6.54 Å². The number of nitrogens with zero attached hydrogens (tertiary/aromatic N) is 2. The highest BCUT2D eigenvalue weighted by Crippen LogP contribution is 2.31. The van der Waals surface area contributed by atoms with Crippen molar-refractivity contribution < 1.29 is 18.3 Å². The van der Waals surface area contributed by atoms with Gasteiger partial charge in [0.1, 0.15) is 15.2 Å². The normalized spacial score (nSPS) is 20.3. The van der Waals surface area contributed by atoms with Crippen LogP contribution < -0.4 is 0 Å². The van der Waals surface area contributed by atoms with E-state index < -0.39 is 22.0 Å². The first kappa shape index (κ1) is 14.0. The molecule has 0 spiro atoms. The van der Waals surface area contributed by atoms with E-state index in [9.17, 15) is 13.2 Å². The number of carboxylic acids is 1. The SMILES string of the molecule is N#Cc1ccc(S(=O)(=O)N2CCCC2CC(=O)O)s1. The standard InChI is InChI=1S/C11H12N2O4S2/c12-7-9-3-4-11(18-9)19(16,17)13-5-1-2-8(13)6-10(14)15/h3-4,8H,1-2,5-6H2,(H,14,15). The predicted octanol–water partition coefficient (Wildman–Crippen LogP) is 1.25. The van der Waals surface area contributed by atoms with Crippen molar-refractivity contribution >= 4 is 27.3 Å². The minimum Gasteiger partial charge on any atom is -0.481 e. The molecule has 0 amide bonds. The molecule has 2 rings (SSSR count). The Hall–Kier alpha value is -1.43. The van der Waals surface area contributed by atoms with E-state index in [0.717, 1.165) is 11.3 Å². The van der Waals surface area contributed by atoms with Gasteiger partial charge in [-0.3, -0.25) is 4.79 Å². The molecule has 19 heavy (non-hydrogen) atoms. The Labute approximate surface area is 114 Å². The summed E-state index contributed by atoms with van der Waals surface area (Å²) in [6, 6.07) is 4.26. The first-order valence-electron chi connectivity index (χ1n) is 5.68. The lowest BCUT2D eigenvalue weighted by molar-refractivity contribution is -0.137. The molecule has 1 aromatic rings. The van der Waals surface area contributed by atoms with E-state index in [1.807, 2.05) is 6.07 Å². The van der Waals surface area contributed by atoms with Crippen molar-refractivity contribution in [1.29, 1.82) is 5.26 Å². The fourth-order valence-electron chi connectivity index (χ4n) is 2.17. The van der Waals surface area contributed by atoms with Gasteiger partial charge in [-0.05, 0) is 25.0 Å². The number of hydrogen-bond acceptors (Lipinski definition) is 5. The second-order valence-corrected chi connectivity index (χ2v) is 7.44. The smallest absolute Gasteiger partial charge is 0.304 e. The van der Waals surface area contributed by atoms with Crippen LogP contribution in [0.25, 0.3) is 0 Å². The topological polar surface area (TPSA) is 98.5 Å². The molecule has 6 nitrogen and oxygen atoms in total. The quantitative estimate of drug-likeness (QED) is 0.902. The van der Waals surface area contributed by atoms with Gasteiger partial charge < -0.3 is 5.11 Å². The summed E-state index contributed by atoms with van der Waals surface area (Å²) in [6.45, 7) is 0.333. The van der Waals surface area contributed by atoms with E-state index in [1.165, 1.54) is 16.4 Å². The lowest BCUT2D eigenvalue weighted by Crippen LogP contribution is -2.36. The maximum Gasteiger partial charge on any atom is 0.304 e. The number of aliphatic carboxylic acids is 1. The Kier molecular flexibility index (Phi) is 3.89. The third kappa shape index (κ3) is 2.78. The predicted molar refractivity (Wildman–Crippen MR) is 68.2 cm³/mol. The molecule has 102 valence electrons. The number of hydrogen-bond donors (Lipinski definition) is 1. The maximum absolute atomic E-state index is 12.4. The number of carbonyl (C=O) groups is 1. The van der Waals surface area contributed by atoms with Gasteiger partial charge in [-0.15, -0.1) is 11.3 Å². The summed E-state index contributed by atoms with van der Waals surface area (Å²) in [5.74, 6) is -1.00. The summed E-state index contributed by atoms with van der Waals surface area (Å²) < 4.78 is 26.1. The largest absolute Gasteiger partial charge is 0.481 e. The van der Waals surface area contributed by atoms with Gasteiger partial charge in [0.15, 0.2) is 0 Å². The lowest BCUT2D eigenvalue weighted by Gasteiger charge is -2.21. The van der Waals surface area contributed by atoms with E-state index in [4.69, 9.17) is 10.4 Å². The van der Waals surface area contributed by atoms with Crippen molar-refractivity contribution in [3.63, 3.8) is 0 Å². The van der Waals surface area contributed by atoms with Gasteiger partial charge in [0.05, 0.1) is 6.42 Å². The van der Waals surface area contributed by atoms with Gasteiger partial charge in [-0.1, -0.05) is 0 Å². The summed E-state index contributed by atoms with van der Waals surface area (Å²) in [5.41, 5.74) is 0. The van der Waals surface area contributed by atoms with E-state index in [0.29, 0.717) is 24.3 Å². The Morgan fingerprint density at radius 2 is 2.32 bits per heavy atom. The summed E-state index contributed by atoms with van der Waals surface area (Å²) in [7, 11) is -3.69. The minimum absolute atomic E-state index is 0.0985. The molecule has 0 aromatic carbocycles. The molecule has 8 heteroatoms. The molecule has 1 aliphatic heterocycles. The molecule has 0 radical (unpaired) electrons. The van der Waals surface area contributed by atoms with Crippen LogP contribution in [0.1, 0.15) is 24.1 Å². The molecule has 1 atom stereocenters. The van der Waals surface area contributed by atoms with Crippen LogP contribution in [0, 0.1) is 11.3 Å². The third-order valence-electron chi connectivity index (χ3n) is 2.99. The Morgan fingerprint density at radius 1 is 1.58 bits per heavy atom. The van der Waals surface area contributed by atoms with Crippen LogP contribution in [0.4, 0.5) is 0 Å². The van der Waals surface area contributed by atoms with Gasteiger partial charge >= 0.3 is 5.97 Å². The minimum atomic E-state index is -3.69. The summed E-state index contributed by atoms with van der Waals surface area (Å²) >= 11 is 0.909. The van der Waals surface area contributed by atoms with E-state index in [-0.39, 0.29) is 10.6 Å². The van der Waals surface area contributed by atoms with Crippen LogP contribution in [0.5, 0.6) is 0 Å². The number of thiophene rings is 1. The molecule has 1 saturated heterocycles. The fourth-order valence-corrected chi connectivity index (χ4v) is 5.09. The van der Waals surface area contributed by atoms with Crippen molar-refractivity contribution in [3.8, 4) is 6.07 Å². The Morgan fingerprint density at radius 3 is 2.89 bits per heavy atom. The number of nitriles is 1. The zero-order valence-corrected chi connectivity index (χ0v) is 11.6. The summed E-state index contributed by atoms with van der Waals surface area (Å²) in [5, 5.41) is 17.5. The highest BCUT2D eigenvalue weighted by Gasteiger charge is 2.37. The van der Waals surface area contributed by atoms with Gasteiger partial charge in [0, 0.05) is 12.6 Å². The van der Waals surface area contributed by atoms with Gasteiger partial charge in [0.25, 0.3) is 10.0 Å². The number of carboxylic acid groups (broad SMARTS) is 1. The lowest BCUT2D eigenvalue weighted by atomic mass is 10.2. The Bertz CT molecular complexity index is 629. The van der Waals surface area contributed by atoms with Crippen molar-refractivity contribution in [2.24, 2.45) is 0 Å². The van der Waals surface area contributed by atoms with Crippen molar-refractivity contribution in [2.45, 2.75) is 29.5 Å². The monoisotopic (exact) mass is 300 g/mol. The van der Waals surface area contributed by atoms with Crippen molar-refractivity contribution in [1.82, 2.24) is 4.31 Å². The molecule has 1 aliphatic rings. The molecule has 1 N–H and O–H groups in total. The van der Waals surface area contributed by atoms with Gasteiger partial charge in [0.2, 0.25) is 0 Å². The molecule has 0 bridgehead atoms. The molecule has 1 fully saturated rings. The van der Waals surface area contributed by atoms with Crippen LogP contribution in [0.2, 0.25) is 0 Å². The Balaban J connectivity index is 2.28. The molecule has 2 heterocycles. The van der Waals surface area contributed by atoms with Gasteiger partial charge in [-0.25, -0.2) is 8.42 Å². The third-order valence-corrected chi connectivity index (χ3v) is 6.40. The van der Waals surface area contributed by atoms with Crippen LogP contribution >= 0.6 is 11.3 Å². The highest BCUT2D eigenvalue weighted by molar-refractivity contribution is 7.91. The molecule has 0 aliphatic carbocycles. The second-order valence-electron chi connectivity index (χ2n) is 4.24. The summed E-state index contributed by atoms with van der Waals surface area (Å²) in [4.78, 5) is 11.1. The average molecular weight is 300 g/mol. The molecule has 1 unspecified atom stereocenters. The molecule has 0 saturated carbocycles. The zero-order valence-electron chi connectivity index (χ0n) is 9.94. The number of sulfonamides is 1. The number of rotatable bonds is 4. The zero-order chi connectivity index (χ0) is 14.0. The van der Waals surface area contributed by atoms with E-state index in [1.54, 1.807) is 0 Å². The van der Waals surface area contributed by atoms with Crippen molar-refractivity contribution in [3.05, 3.63) is 17.0 Å². The van der Waals surface area contributed by atoms with E-state index in [2.05, 4.69) is 0 Å². The van der Waals surface area contributed by atoms with Crippen LogP contribution in [-0.4, -0.2) is 36.4 Å². The maximum atomic E-state index is 12.4. The van der Waals surface area contributed by atoms with Crippen LogP contribution in [0.3, 0.4) is 0 Å². The average Bonchev–Trinajstić information content (AvgIpc) is 2.95. The highest BCUT2D eigenvalue weighted by atomic mass is 32.2. The molecule has 1 aromatic heterocycles. The second kappa shape index (κ2) is 5.28. The molecular formula is C11H12N2O4S2.